The number of nitro benzene ring substituents is 1. The third-order valence-electron chi connectivity index (χ3n) is 4.00. The molecule has 0 saturated heterocycles. The van der Waals surface area contributed by atoms with Crippen LogP contribution in [0.2, 0.25) is 5.02 Å². The van der Waals surface area contributed by atoms with Gasteiger partial charge in [0.1, 0.15) is 5.75 Å². The normalized spacial score (nSPS) is 16.8. The fourth-order valence-corrected chi connectivity index (χ4v) is 3.08. The molecular weight excluding hydrogens is 348 g/mol. The third kappa shape index (κ3) is 2.73. The van der Waals surface area contributed by atoms with Crippen molar-refractivity contribution in [3.8, 4) is 5.75 Å². The number of hydrogen-bond acceptors (Lipinski definition) is 5. The first kappa shape index (κ1) is 15.6. The van der Waals surface area contributed by atoms with Gasteiger partial charge in [0.05, 0.1) is 11.5 Å². The molecule has 126 valence electrons. The molecule has 25 heavy (non-hydrogen) atoms. The van der Waals surface area contributed by atoms with Crippen molar-refractivity contribution in [1.82, 2.24) is 0 Å². The molecule has 0 saturated carbocycles. The SMILES string of the molecule is O=C1Nc2ccc(Cl)cc2/C1=C/c1cc([N+](=O)[O-])cc2c1OCOC2. The van der Waals surface area contributed by atoms with Crippen LogP contribution in [-0.4, -0.2) is 17.6 Å². The number of rotatable bonds is 2. The van der Waals surface area contributed by atoms with Crippen LogP contribution in [0.25, 0.3) is 11.6 Å². The van der Waals surface area contributed by atoms with Crippen molar-refractivity contribution in [2.24, 2.45) is 0 Å². The molecule has 1 amide bonds. The van der Waals surface area contributed by atoms with E-state index in [1.54, 1.807) is 24.3 Å². The van der Waals surface area contributed by atoms with Crippen LogP contribution >= 0.6 is 11.6 Å². The molecule has 2 aliphatic rings. The van der Waals surface area contributed by atoms with E-state index in [4.69, 9.17) is 21.1 Å². The van der Waals surface area contributed by atoms with E-state index in [1.807, 2.05) is 0 Å². The van der Waals surface area contributed by atoms with Crippen molar-refractivity contribution in [1.29, 1.82) is 0 Å². The van der Waals surface area contributed by atoms with Crippen LogP contribution < -0.4 is 10.1 Å². The zero-order chi connectivity index (χ0) is 17.6. The van der Waals surface area contributed by atoms with Crippen molar-refractivity contribution in [3.63, 3.8) is 0 Å². The van der Waals surface area contributed by atoms with Crippen molar-refractivity contribution in [2.75, 3.05) is 12.1 Å². The van der Waals surface area contributed by atoms with Crippen molar-refractivity contribution >= 4 is 40.5 Å². The van der Waals surface area contributed by atoms with Crippen molar-refractivity contribution in [3.05, 3.63) is 62.2 Å². The molecular formula is C17H11ClN2O5. The van der Waals surface area contributed by atoms with Gasteiger partial charge in [-0.1, -0.05) is 11.6 Å². The highest BCUT2D eigenvalue weighted by molar-refractivity contribution is 6.36. The zero-order valence-corrected chi connectivity index (χ0v) is 13.5. The van der Waals surface area contributed by atoms with E-state index in [-0.39, 0.29) is 25.0 Å². The first-order chi connectivity index (χ1) is 12.0. The lowest BCUT2D eigenvalue weighted by atomic mass is 10.0. The Balaban J connectivity index is 1.90. The Morgan fingerprint density at radius 3 is 2.92 bits per heavy atom. The summed E-state index contributed by atoms with van der Waals surface area (Å²) >= 11 is 6.02. The Morgan fingerprint density at radius 2 is 2.12 bits per heavy atom. The fourth-order valence-electron chi connectivity index (χ4n) is 2.90. The monoisotopic (exact) mass is 358 g/mol. The van der Waals surface area contributed by atoms with Gasteiger partial charge in [0.25, 0.3) is 11.6 Å². The van der Waals surface area contributed by atoms with Gasteiger partial charge in [0, 0.05) is 45.1 Å². The molecule has 0 radical (unpaired) electrons. The average molecular weight is 359 g/mol. The Morgan fingerprint density at radius 1 is 1.28 bits per heavy atom. The molecule has 2 aromatic rings. The molecule has 2 aliphatic heterocycles. The van der Waals surface area contributed by atoms with Crippen molar-refractivity contribution in [2.45, 2.75) is 6.61 Å². The molecule has 4 rings (SSSR count). The van der Waals surface area contributed by atoms with Crippen LogP contribution in [0, 0.1) is 10.1 Å². The van der Waals surface area contributed by atoms with Crippen LogP contribution in [0.5, 0.6) is 5.75 Å². The maximum Gasteiger partial charge on any atom is 0.270 e. The highest BCUT2D eigenvalue weighted by Crippen LogP contribution is 2.39. The van der Waals surface area contributed by atoms with E-state index >= 15 is 0 Å². The summed E-state index contributed by atoms with van der Waals surface area (Å²) in [7, 11) is 0. The molecule has 0 aliphatic carbocycles. The highest BCUT2D eigenvalue weighted by Gasteiger charge is 2.26. The summed E-state index contributed by atoms with van der Waals surface area (Å²) < 4.78 is 10.7. The summed E-state index contributed by atoms with van der Waals surface area (Å²) in [6.07, 6.45) is 1.58. The molecule has 0 bridgehead atoms. The number of nitro groups is 1. The molecule has 2 aromatic carbocycles. The van der Waals surface area contributed by atoms with Crippen LogP contribution in [0.1, 0.15) is 16.7 Å². The minimum Gasteiger partial charge on any atom is -0.467 e. The molecule has 2 heterocycles. The number of amides is 1. The van der Waals surface area contributed by atoms with E-state index in [0.29, 0.717) is 38.7 Å². The standard InChI is InChI=1S/C17H11ClN2O5/c18-11-1-2-15-13(6-11)14(17(21)19-15)5-9-3-12(20(22)23)4-10-7-24-8-25-16(9)10/h1-6H,7-8H2,(H,19,21)/b14-5-. The topological polar surface area (TPSA) is 90.7 Å². The number of benzene rings is 2. The van der Waals surface area contributed by atoms with E-state index in [2.05, 4.69) is 5.32 Å². The summed E-state index contributed by atoms with van der Waals surface area (Å²) in [6, 6.07) is 7.86. The van der Waals surface area contributed by atoms with E-state index < -0.39 is 4.92 Å². The van der Waals surface area contributed by atoms with Gasteiger partial charge < -0.3 is 14.8 Å². The van der Waals surface area contributed by atoms with Gasteiger partial charge in [-0.3, -0.25) is 14.9 Å². The number of non-ortho nitro benzene ring substituents is 1. The van der Waals surface area contributed by atoms with Gasteiger partial charge in [-0.25, -0.2) is 0 Å². The van der Waals surface area contributed by atoms with E-state index in [0.717, 1.165) is 0 Å². The zero-order valence-electron chi connectivity index (χ0n) is 12.7. The number of carbonyl (C=O) groups excluding carboxylic acids is 1. The second-order valence-electron chi connectivity index (χ2n) is 5.59. The minimum absolute atomic E-state index is 0.0512. The third-order valence-corrected chi connectivity index (χ3v) is 4.23. The van der Waals surface area contributed by atoms with Gasteiger partial charge in [0.2, 0.25) is 0 Å². The molecule has 0 unspecified atom stereocenters. The predicted molar refractivity (Wildman–Crippen MR) is 91.3 cm³/mol. The Hall–Kier alpha value is -2.90. The second kappa shape index (κ2) is 5.87. The Bertz CT molecular complexity index is 954. The lowest BCUT2D eigenvalue weighted by Gasteiger charge is -2.19. The minimum atomic E-state index is -0.490. The maximum atomic E-state index is 12.3. The lowest BCUT2D eigenvalue weighted by Crippen LogP contribution is -2.13. The van der Waals surface area contributed by atoms with Crippen molar-refractivity contribution < 1.29 is 19.2 Å². The molecule has 0 aromatic heterocycles. The van der Waals surface area contributed by atoms with E-state index in [1.165, 1.54) is 12.1 Å². The van der Waals surface area contributed by atoms with Crippen LogP contribution in [0.4, 0.5) is 11.4 Å². The number of halogens is 1. The smallest absolute Gasteiger partial charge is 0.270 e. The summed E-state index contributed by atoms with van der Waals surface area (Å²) in [5.74, 6) is 0.178. The van der Waals surface area contributed by atoms with Gasteiger partial charge in [-0.05, 0) is 24.3 Å². The largest absolute Gasteiger partial charge is 0.467 e. The number of ether oxygens (including phenoxy) is 2. The quantitative estimate of drug-likeness (QED) is 0.503. The van der Waals surface area contributed by atoms with Gasteiger partial charge in [-0.2, -0.15) is 0 Å². The Kier molecular flexibility index (Phi) is 3.67. The number of hydrogen-bond donors (Lipinski definition) is 1. The van der Waals surface area contributed by atoms with Crippen LogP contribution in [0.15, 0.2) is 30.3 Å². The summed E-state index contributed by atoms with van der Waals surface area (Å²) in [5.41, 5.74) is 2.58. The first-order valence-electron chi connectivity index (χ1n) is 7.38. The Labute approximate surface area is 147 Å². The van der Waals surface area contributed by atoms with E-state index in [9.17, 15) is 14.9 Å². The van der Waals surface area contributed by atoms with Crippen LogP contribution in [0.3, 0.4) is 0 Å². The number of carbonyl (C=O) groups is 1. The fraction of sp³-hybridized carbons (Fsp3) is 0.118. The first-order valence-corrected chi connectivity index (χ1v) is 7.75. The van der Waals surface area contributed by atoms with Gasteiger partial charge >= 0.3 is 0 Å². The van der Waals surface area contributed by atoms with Crippen LogP contribution in [-0.2, 0) is 16.1 Å². The number of nitrogens with one attached hydrogen (secondary N) is 1. The molecule has 1 N–H and O–H groups in total. The molecule has 0 fully saturated rings. The molecule has 7 nitrogen and oxygen atoms in total. The van der Waals surface area contributed by atoms with Gasteiger partial charge in [0.15, 0.2) is 6.79 Å². The molecule has 0 spiro atoms. The summed E-state index contributed by atoms with van der Waals surface area (Å²) in [4.78, 5) is 23.0. The number of fused-ring (bicyclic) bond motifs is 2. The molecule has 0 atom stereocenters. The highest BCUT2D eigenvalue weighted by atomic mass is 35.5. The average Bonchev–Trinajstić information content (AvgIpc) is 2.90. The predicted octanol–water partition coefficient (Wildman–Crippen LogP) is 3.61. The number of anilines is 1. The molecule has 8 heteroatoms. The van der Waals surface area contributed by atoms with Gasteiger partial charge in [-0.15, -0.1) is 0 Å². The summed E-state index contributed by atoms with van der Waals surface area (Å²) in [6.45, 7) is 0.261. The maximum absolute atomic E-state index is 12.3. The summed E-state index contributed by atoms with van der Waals surface area (Å²) in [5, 5.41) is 14.4. The lowest BCUT2D eigenvalue weighted by molar-refractivity contribution is -0.385. The number of nitrogens with zero attached hydrogens (tertiary/aromatic N) is 1. The second-order valence-corrected chi connectivity index (χ2v) is 6.03.